The molecule has 0 heterocycles. The molecule has 20 heavy (non-hydrogen) atoms. The molecule has 0 bridgehead atoms. The fourth-order valence-corrected chi connectivity index (χ4v) is 2.44. The van der Waals surface area contributed by atoms with Crippen LogP contribution in [0.5, 0.6) is 0 Å². The van der Waals surface area contributed by atoms with Crippen LogP contribution in [-0.4, -0.2) is 31.1 Å². The van der Waals surface area contributed by atoms with Gasteiger partial charge in [0.15, 0.2) is 0 Å². The Morgan fingerprint density at radius 1 is 1.05 bits per heavy atom. The summed E-state index contributed by atoms with van der Waals surface area (Å²) in [4.78, 5) is 2.39. The summed E-state index contributed by atoms with van der Waals surface area (Å²) in [6.45, 7) is 8.46. The summed E-state index contributed by atoms with van der Waals surface area (Å²) < 4.78 is 0. The molecule has 0 saturated heterocycles. The molecule has 0 saturated carbocycles. The van der Waals surface area contributed by atoms with Gasteiger partial charge in [-0.1, -0.05) is 38.1 Å². The fourth-order valence-electron chi connectivity index (χ4n) is 2.44. The van der Waals surface area contributed by atoms with Crippen molar-refractivity contribution in [3.63, 3.8) is 0 Å². The molecule has 0 aromatic heterocycles. The lowest BCUT2D eigenvalue weighted by Gasteiger charge is -2.19. The van der Waals surface area contributed by atoms with E-state index in [1.165, 1.54) is 0 Å². The molecule has 0 aliphatic heterocycles. The van der Waals surface area contributed by atoms with Gasteiger partial charge in [0.2, 0.25) is 0 Å². The molecule has 0 unspecified atom stereocenters. The summed E-state index contributed by atoms with van der Waals surface area (Å²) in [6.07, 6.45) is 0. The summed E-state index contributed by atoms with van der Waals surface area (Å²) >= 11 is 0. The highest BCUT2D eigenvalue weighted by atomic mass is 15.1. The van der Waals surface area contributed by atoms with Gasteiger partial charge in [0.05, 0.1) is 11.6 Å². The molecular weight excluding hydrogens is 246 g/mol. The van der Waals surface area contributed by atoms with E-state index in [-0.39, 0.29) is 0 Å². The Bertz CT molecular complexity index is 609. The van der Waals surface area contributed by atoms with Crippen molar-refractivity contribution in [3.8, 4) is 6.07 Å². The van der Waals surface area contributed by atoms with E-state index in [4.69, 9.17) is 5.26 Å². The molecule has 3 nitrogen and oxygen atoms in total. The monoisotopic (exact) mass is 267 g/mol. The highest BCUT2D eigenvalue weighted by molar-refractivity contribution is 5.97. The van der Waals surface area contributed by atoms with E-state index in [0.717, 1.165) is 48.2 Å². The molecule has 0 fully saturated rings. The summed E-state index contributed by atoms with van der Waals surface area (Å²) in [6, 6.07) is 14.2. The Balaban J connectivity index is 2.17. The van der Waals surface area contributed by atoms with Gasteiger partial charge in [-0.2, -0.15) is 5.26 Å². The van der Waals surface area contributed by atoms with Crippen molar-refractivity contribution in [1.82, 2.24) is 4.90 Å². The van der Waals surface area contributed by atoms with E-state index < -0.39 is 0 Å². The van der Waals surface area contributed by atoms with Crippen molar-refractivity contribution in [2.45, 2.75) is 13.8 Å². The number of likely N-dealkylation sites (N-methyl/N-ethyl adjacent to an activating group) is 1. The van der Waals surface area contributed by atoms with E-state index in [2.05, 4.69) is 36.2 Å². The SMILES string of the molecule is CCN(CC)CCNc1ccc(C#N)c2ccccc12. The summed E-state index contributed by atoms with van der Waals surface area (Å²) in [5.41, 5.74) is 1.83. The van der Waals surface area contributed by atoms with Crippen LogP contribution < -0.4 is 5.32 Å². The molecule has 3 heteroatoms. The maximum atomic E-state index is 9.16. The molecule has 0 atom stereocenters. The Labute approximate surface area is 120 Å². The zero-order valence-electron chi connectivity index (χ0n) is 12.2. The molecule has 1 N–H and O–H groups in total. The van der Waals surface area contributed by atoms with Crippen LogP contribution in [-0.2, 0) is 0 Å². The third-order valence-electron chi connectivity index (χ3n) is 3.68. The largest absolute Gasteiger partial charge is 0.383 e. The van der Waals surface area contributed by atoms with Gasteiger partial charge < -0.3 is 10.2 Å². The van der Waals surface area contributed by atoms with E-state index in [0.29, 0.717) is 0 Å². The van der Waals surface area contributed by atoms with Gasteiger partial charge in [-0.25, -0.2) is 0 Å². The van der Waals surface area contributed by atoms with E-state index in [1.54, 1.807) is 0 Å². The minimum absolute atomic E-state index is 0.731. The topological polar surface area (TPSA) is 39.1 Å². The third-order valence-corrected chi connectivity index (χ3v) is 3.68. The minimum atomic E-state index is 0.731. The lowest BCUT2D eigenvalue weighted by molar-refractivity contribution is 0.316. The summed E-state index contributed by atoms with van der Waals surface area (Å²) in [5.74, 6) is 0. The van der Waals surface area contributed by atoms with Crippen LogP contribution in [0, 0.1) is 11.3 Å². The zero-order chi connectivity index (χ0) is 14.4. The maximum absolute atomic E-state index is 9.16. The number of nitrogens with one attached hydrogen (secondary N) is 1. The molecule has 0 aliphatic carbocycles. The normalized spacial score (nSPS) is 10.7. The smallest absolute Gasteiger partial charge is 0.0998 e. The van der Waals surface area contributed by atoms with Crippen LogP contribution in [0.1, 0.15) is 19.4 Å². The number of rotatable bonds is 6. The molecule has 104 valence electrons. The van der Waals surface area contributed by atoms with Crippen molar-refractivity contribution in [1.29, 1.82) is 5.26 Å². The highest BCUT2D eigenvalue weighted by Crippen LogP contribution is 2.26. The van der Waals surface area contributed by atoms with Crippen molar-refractivity contribution < 1.29 is 0 Å². The summed E-state index contributed by atoms with van der Waals surface area (Å²) in [5, 5.41) is 14.8. The second-order valence-corrected chi connectivity index (χ2v) is 4.77. The standard InChI is InChI=1S/C17H21N3/c1-3-20(4-2)12-11-19-17-10-9-14(13-18)15-7-5-6-8-16(15)17/h5-10,19H,3-4,11-12H2,1-2H3. The fraction of sp³-hybridized carbons (Fsp3) is 0.353. The number of fused-ring (bicyclic) bond motifs is 1. The van der Waals surface area contributed by atoms with Gasteiger partial charge in [-0.15, -0.1) is 0 Å². The average molecular weight is 267 g/mol. The van der Waals surface area contributed by atoms with Gasteiger partial charge in [0, 0.05) is 29.5 Å². The molecule has 0 radical (unpaired) electrons. The Morgan fingerprint density at radius 2 is 1.75 bits per heavy atom. The average Bonchev–Trinajstić information content (AvgIpc) is 2.51. The molecule has 0 amide bonds. The quantitative estimate of drug-likeness (QED) is 0.871. The van der Waals surface area contributed by atoms with Gasteiger partial charge in [-0.05, 0) is 25.2 Å². The first-order valence-corrected chi connectivity index (χ1v) is 7.18. The first kappa shape index (κ1) is 14.4. The van der Waals surface area contributed by atoms with Crippen LogP contribution >= 0.6 is 0 Å². The van der Waals surface area contributed by atoms with Crippen molar-refractivity contribution >= 4 is 16.5 Å². The first-order valence-electron chi connectivity index (χ1n) is 7.18. The van der Waals surface area contributed by atoms with Crippen LogP contribution in [0.25, 0.3) is 10.8 Å². The van der Waals surface area contributed by atoms with Gasteiger partial charge in [-0.3, -0.25) is 0 Å². The van der Waals surface area contributed by atoms with Gasteiger partial charge >= 0.3 is 0 Å². The predicted molar refractivity (Wildman–Crippen MR) is 84.9 cm³/mol. The summed E-state index contributed by atoms with van der Waals surface area (Å²) in [7, 11) is 0. The van der Waals surface area contributed by atoms with Crippen LogP contribution in [0.3, 0.4) is 0 Å². The van der Waals surface area contributed by atoms with Gasteiger partial charge in [0.1, 0.15) is 0 Å². The van der Waals surface area contributed by atoms with Crippen molar-refractivity contribution in [2.24, 2.45) is 0 Å². The molecule has 0 aliphatic rings. The van der Waals surface area contributed by atoms with Crippen LogP contribution in [0.2, 0.25) is 0 Å². The van der Waals surface area contributed by atoms with Crippen LogP contribution in [0.4, 0.5) is 5.69 Å². The maximum Gasteiger partial charge on any atom is 0.0998 e. The Hall–Kier alpha value is -2.05. The number of anilines is 1. The van der Waals surface area contributed by atoms with Gasteiger partial charge in [0.25, 0.3) is 0 Å². The van der Waals surface area contributed by atoms with Crippen LogP contribution in [0.15, 0.2) is 36.4 Å². The molecule has 2 aromatic carbocycles. The molecule has 2 rings (SSSR count). The second kappa shape index (κ2) is 6.93. The van der Waals surface area contributed by atoms with E-state index in [9.17, 15) is 0 Å². The Morgan fingerprint density at radius 3 is 2.40 bits per heavy atom. The molecule has 2 aromatic rings. The minimum Gasteiger partial charge on any atom is -0.383 e. The highest BCUT2D eigenvalue weighted by Gasteiger charge is 2.05. The zero-order valence-corrected chi connectivity index (χ0v) is 12.2. The number of benzene rings is 2. The van der Waals surface area contributed by atoms with Crippen molar-refractivity contribution in [2.75, 3.05) is 31.5 Å². The second-order valence-electron chi connectivity index (χ2n) is 4.77. The number of hydrogen-bond acceptors (Lipinski definition) is 3. The Kier molecular flexibility index (Phi) is 4.97. The van der Waals surface area contributed by atoms with Crippen molar-refractivity contribution in [3.05, 3.63) is 42.0 Å². The third kappa shape index (κ3) is 3.09. The molecule has 0 spiro atoms. The predicted octanol–water partition coefficient (Wildman–Crippen LogP) is 3.47. The number of hydrogen-bond donors (Lipinski definition) is 1. The number of nitriles is 1. The molecular formula is C17H21N3. The van der Waals surface area contributed by atoms with E-state index in [1.807, 2.05) is 30.3 Å². The lowest BCUT2D eigenvalue weighted by Crippen LogP contribution is -2.28. The number of nitrogens with zero attached hydrogens (tertiary/aromatic N) is 2. The van der Waals surface area contributed by atoms with E-state index >= 15 is 0 Å². The first-order chi connectivity index (χ1) is 9.80. The lowest BCUT2D eigenvalue weighted by atomic mass is 10.0.